The highest BCUT2D eigenvalue weighted by Gasteiger charge is 2.32. The van der Waals surface area contributed by atoms with Gasteiger partial charge < -0.3 is 15.0 Å². The first-order chi connectivity index (χ1) is 14.9. The van der Waals surface area contributed by atoms with Gasteiger partial charge in [0.05, 0.1) is 11.1 Å². The van der Waals surface area contributed by atoms with Crippen molar-refractivity contribution in [2.45, 2.75) is 39.3 Å². The number of hydrogen-bond donors (Lipinski definition) is 1. The maximum atomic E-state index is 14.2. The Labute approximate surface area is 180 Å². The van der Waals surface area contributed by atoms with Crippen molar-refractivity contribution in [1.82, 2.24) is 4.57 Å². The summed E-state index contributed by atoms with van der Waals surface area (Å²) in [5.74, 6) is -5.48. The summed E-state index contributed by atoms with van der Waals surface area (Å²) in [6.07, 6.45) is -4.12. The Morgan fingerprint density at radius 3 is 2.25 bits per heavy atom. The van der Waals surface area contributed by atoms with Gasteiger partial charge in [0.2, 0.25) is 0 Å². The zero-order chi connectivity index (χ0) is 24.0. The lowest BCUT2D eigenvalue weighted by Gasteiger charge is -2.25. The molecule has 1 heterocycles. The fourth-order valence-corrected chi connectivity index (χ4v) is 3.90. The number of carboxylic acid groups (broad SMARTS) is 1. The largest absolute Gasteiger partial charge is 0.549 e. The molecular formula is C23H20F4NO4-. The summed E-state index contributed by atoms with van der Waals surface area (Å²) in [5, 5.41) is 22.0. The SMILES string of the molecule is CCC(C)[C@H](C(=O)[O-])c1c(C)n(C(=O)c2ccc(C(F)(F)F)cc2)c2cc(F)c(O)cc12. The molecule has 0 saturated heterocycles. The van der Waals surface area contributed by atoms with E-state index in [0.717, 1.165) is 41.0 Å². The number of halogens is 4. The highest BCUT2D eigenvalue weighted by molar-refractivity contribution is 6.05. The van der Waals surface area contributed by atoms with Crippen molar-refractivity contribution in [3.63, 3.8) is 0 Å². The van der Waals surface area contributed by atoms with Gasteiger partial charge in [0.25, 0.3) is 5.91 Å². The molecule has 0 aliphatic carbocycles. The molecule has 170 valence electrons. The van der Waals surface area contributed by atoms with Crippen LogP contribution in [0.2, 0.25) is 0 Å². The molecular weight excluding hydrogens is 430 g/mol. The smallest absolute Gasteiger partial charge is 0.416 e. The maximum Gasteiger partial charge on any atom is 0.416 e. The second kappa shape index (κ2) is 8.29. The van der Waals surface area contributed by atoms with Gasteiger partial charge in [0.15, 0.2) is 11.6 Å². The van der Waals surface area contributed by atoms with Crippen LogP contribution in [0.5, 0.6) is 5.75 Å². The molecule has 9 heteroatoms. The molecule has 1 aromatic heterocycles. The van der Waals surface area contributed by atoms with Gasteiger partial charge in [-0.05, 0) is 48.7 Å². The quantitative estimate of drug-likeness (QED) is 0.585. The van der Waals surface area contributed by atoms with Crippen LogP contribution < -0.4 is 5.11 Å². The third kappa shape index (κ3) is 3.94. The van der Waals surface area contributed by atoms with E-state index in [1.807, 2.05) is 0 Å². The second-order valence-electron chi connectivity index (χ2n) is 7.72. The minimum absolute atomic E-state index is 0.00718. The summed E-state index contributed by atoms with van der Waals surface area (Å²) in [4.78, 5) is 25.2. The van der Waals surface area contributed by atoms with Crippen molar-refractivity contribution in [3.05, 3.63) is 64.6 Å². The number of aromatic nitrogens is 1. The first kappa shape index (κ1) is 23.3. The number of carboxylic acids is 1. The summed E-state index contributed by atoms with van der Waals surface area (Å²) >= 11 is 0. The van der Waals surface area contributed by atoms with E-state index in [9.17, 15) is 37.4 Å². The summed E-state index contributed by atoms with van der Waals surface area (Å²) in [7, 11) is 0. The number of fused-ring (bicyclic) bond motifs is 1. The number of alkyl halides is 3. The fourth-order valence-electron chi connectivity index (χ4n) is 3.90. The maximum absolute atomic E-state index is 14.2. The van der Waals surface area contributed by atoms with Gasteiger partial charge >= 0.3 is 6.18 Å². The average Bonchev–Trinajstić information content (AvgIpc) is 2.98. The predicted octanol–water partition coefficient (Wildman–Crippen LogP) is 4.38. The van der Waals surface area contributed by atoms with E-state index in [4.69, 9.17) is 0 Å². The molecule has 3 rings (SSSR count). The highest BCUT2D eigenvalue weighted by atomic mass is 19.4. The molecule has 0 aliphatic rings. The zero-order valence-corrected chi connectivity index (χ0v) is 17.5. The molecule has 3 aromatic rings. The molecule has 1 unspecified atom stereocenters. The van der Waals surface area contributed by atoms with Gasteiger partial charge in [-0.3, -0.25) is 9.36 Å². The average molecular weight is 450 g/mol. The fraction of sp³-hybridized carbons (Fsp3) is 0.304. The number of nitrogens with zero attached hydrogens (tertiary/aromatic N) is 1. The first-order valence-electron chi connectivity index (χ1n) is 9.84. The number of benzene rings is 2. The molecule has 0 saturated carbocycles. The van der Waals surface area contributed by atoms with E-state index in [1.54, 1.807) is 13.8 Å². The first-order valence-corrected chi connectivity index (χ1v) is 9.84. The van der Waals surface area contributed by atoms with Crippen LogP contribution in [-0.2, 0) is 11.0 Å². The molecule has 2 aromatic carbocycles. The Morgan fingerprint density at radius 1 is 1.16 bits per heavy atom. The van der Waals surface area contributed by atoms with Crippen LogP contribution in [0.1, 0.15) is 53.4 Å². The Balaban J connectivity index is 2.28. The summed E-state index contributed by atoms with van der Waals surface area (Å²) in [6, 6.07) is 5.44. The van der Waals surface area contributed by atoms with Crippen LogP contribution in [0.15, 0.2) is 36.4 Å². The lowest BCUT2D eigenvalue weighted by molar-refractivity contribution is -0.309. The van der Waals surface area contributed by atoms with E-state index in [2.05, 4.69) is 0 Å². The summed E-state index contributed by atoms with van der Waals surface area (Å²) < 4.78 is 53.8. The topological polar surface area (TPSA) is 82.4 Å². The van der Waals surface area contributed by atoms with Crippen molar-refractivity contribution in [1.29, 1.82) is 0 Å². The van der Waals surface area contributed by atoms with Gasteiger partial charge in [-0.1, -0.05) is 20.3 Å². The number of carbonyl (C=O) groups is 2. The van der Waals surface area contributed by atoms with Crippen LogP contribution in [0, 0.1) is 18.7 Å². The third-order valence-electron chi connectivity index (χ3n) is 5.76. The molecule has 0 fully saturated rings. The third-order valence-corrected chi connectivity index (χ3v) is 5.76. The van der Waals surface area contributed by atoms with Gasteiger partial charge in [-0.15, -0.1) is 0 Å². The number of aliphatic carboxylic acids is 1. The molecule has 0 bridgehead atoms. The van der Waals surface area contributed by atoms with Crippen molar-refractivity contribution in [2.24, 2.45) is 5.92 Å². The van der Waals surface area contributed by atoms with Gasteiger partial charge in [-0.2, -0.15) is 13.2 Å². The Hall–Kier alpha value is -3.36. The molecule has 32 heavy (non-hydrogen) atoms. The molecule has 5 nitrogen and oxygen atoms in total. The van der Waals surface area contributed by atoms with Gasteiger partial charge in [0, 0.05) is 34.6 Å². The Kier molecular flexibility index (Phi) is 6.04. The Bertz CT molecular complexity index is 1200. The van der Waals surface area contributed by atoms with Crippen molar-refractivity contribution in [2.75, 3.05) is 0 Å². The van der Waals surface area contributed by atoms with Crippen molar-refractivity contribution in [3.8, 4) is 5.75 Å². The van der Waals surface area contributed by atoms with Crippen molar-refractivity contribution >= 4 is 22.8 Å². The van der Waals surface area contributed by atoms with E-state index in [1.165, 1.54) is 6.92 Å². The molecule has 2 atom stereocenters. The molecule has 0 spiro atoms. The van der Waals surface area contributed by atoms with E-state index >= 15 is 0 Å². The molecule has 0 amide bonds. The lowest BCUT2D eigenvalue weighted by atomic mass is 9.84. The standard InChI is InChI=1S/C23H21F4NO4/c1-4-11(2)19(22(31)32)20-12(3)28(17-10-16(24)18(29)9-15(17)20)21(30)13-5-7-14(8-6-13)23(25,26)27/h5-11,19,29H,4H2,1-3H3,(H,31,32)/p-1/t11?,19-/m0/s1. The molecule has 0 aliphatic heterocycles. The van der Waals surface area contributed by atoms with Crippen LogP contribution >= 0.6 is 0 Å². The van der Waals surface area contributed by atoms with Crippen molar-refractivity contribution < 1.29 is 37.4 Å². The van der Waals surface area contributed by atoms with Crippen LogP contribution in [0.25, 0.3) is 10.9 Å². The Morgan fingerprint density at radius 2 is 1.75 bits per heavy atom. The number of phenolic OH excluding ortho intramolecular Hbond substituents is 1. The number of carbonyl (C=O) groups excluding carboxylic acids is 2. The number of aromatic hydroxyl groups is 1. The van der Waals surface area contributed by atoms with E-state index < -0.39 is 47.0 Å². The van der Waals surface area contributed by atoms with Crippen LogP contribution in [0.3, 0.4) is 0 Å². The second-order valence-corrected chi connectivity index (χ2v) is 7.72. The predicted molar refractivity (Wildman–Crippen MR) is 107 cm³/mol. The van der Waals surface area contributed by atoms with Crippen LogP contribution in [-0.4, -0.2) is 21.6 Å². The zero-order valence-electron chi connectivity index (χ0n) is 17.5. The number of rotatable bonds is 5. The normalized spacial score (nSPS) is 13.8. The highest BCUT2D eigenvalue weighted by Crippen LogP contribution is 2.39. The van der Waals surface area contributed by atoms with E-state index in [-0.39, 0.29) is 27.7 Å². The lowest BCUT2D eigenvalue weighted by Crippen LogP contribution is -2.33. The molecule has 1 N–H and O–H groups in total. The van der Waals surface area contributed by atoms with Gasteiger partial charge in [-0.25, -0.2) is 4.39 Å². The number of hydrogen-bond acceptors (Lipinski definition) is 4. The summed E-state index contributed by atoms with van der Waals surface area (Å²) in [5.41, 5.74) is -0.693. The van der Waals surface area contributed by atoms with E-state index in [0.29, 0.717) is 6.42 Å². The van der Waals surface area contributed by atoms with Gasteiger partial charge in [0.1, 0.15) is 0 Å². The minimum atomic E-state index is -4.58. The minimum Gasteiger partial charge on any atom is -0.549 e. The van der Waals surface area contributed by atoms with Crippen LogP contribution in [0.4, 0.5) is 17.6 Å². The molecule has 0 radical (unpaired) electrons. The monoisotopic (exact) mass is 450 g/mol. The summed E-state index contributed by atoms with van der Waals surface area (Å²) in [6.45, 7) is 4.92. The number of phenols is 1.